The van der Waals surface area contributed by atoms with Gasteiger partial charge in [-0.2, -0.15) is 5.10 Å². The number of nitrogens with zero attached hydrogens (tertiary/aromatic N) is 2. The molecule has 1 aromatic heterocycles. The molecule has 0 aliphatic rings. The molecule has 2 aromatic carbocycles. The van der Waals surface area contributed by atoms with E-state index in [1.54, 1.807) is 24.3 Å². The Kier molecular flexibility index (Phi) is 5.97. The summed E-state index contributed by atoms with van der Waals surface area (Å²) in [6.07, 6.45) is 0. The SMILES string of the molecule is COC(=O)c1ccccc1NC(=O)Nc1c(C)nn(Cc2ccccc2C)c1C. The van der Waals surface area contributed by atoms with Crippen molar-refractivity contribution in [3.05, 3.63) is 76.6 Å². The molecule has 29 heavy (non-hydrogen) atoms. The van der Waals surface area contributed by atoms with Gasteiger partial charge in [0.05, 0.1) is 42.0 Å². The Morgan fingerprint density at radius 2 is 1.69 bits per heavy atom. The van der Waals surface area contributed by atoms with Crippen LogP contribution < -0.4 is 10.6 Å². The quantitative estimate of drug-likeness (QED) is 0.635. The van der Waals surface area contributed by atoms with E-state index in [-0.39, 0.29) is 5.56 Å². The van der Waals surface area contributed by atoms with Crippen LogP contribution in [0.1, 0.15) is 32.9 Å². The van der Waals surface area contributed by atoms with Gasteiger partial charge in [-0.25, -0.2) is 9.59 Å². The highest BCUT2D eigenvalue weighted by molar-refractivity contribution is 6.05. The van der Waals surface area contributed by atoms with E-state index < -0.39 is 12.0 Å². The highest BCUT2D eigenvalue weighted by atomic mass is 16.5. The molecule has 3 rings (SSSR count). The molecule has 0 bridgehead atoms. The average molecular weight is 392 g/mol. The van der Waals surface area contributed by atoms with Crippen LogP contribution in [0.5, 0.6) is 0 Å². The van der Waals surface area contributed by atoms with Crippen molar-refractivity contribution in [2.75, 3.05) is 17.7 Å². The number of methoxy groups -OCH3 is 1. The van der Waals surface area contributed by atoms with Crippen LogP contribution in [0.3, 0.4) is 0 Å². The first-order valence-electron chi connectivity index (χ1n) is 9.24. The minimum absolute atomic E-state index is 0.286. The molecular weight excluding hydrogens is 368 g/mol. The van der Waals surface area contributed by atoms with Gasteiger partial charge in [-0.05, 0) is 44.0 Å². The molecule has 2 amide bonds. The number of urea groups is 1. The number of esters is 1. The van der Waals surface area contributed by atoms with E-state index in [1.165, 1.54) is 18.2 Å². The largest absolute Gasteiger partial charge is 0.465 e. The fraction of sp³-hybridized carbons (Fsp3) is 0.227. The Bertz CT molecular complexity index is 1060. The summed E-state index contributed by atoms with van der Waals surface area (Å²) in [6, 6.07) is 14.4. The Balaban J connectivity index is 1.78. The van der Waals surface area contributed by atoms with Gasteiger partial charge in [0.1, 0.15) is 0 Å². The maximum atomic E-state index is 12.6. The van der Waals surface area contributed by atoms with Crippen LogP contribution in [-0.4, -0.2) is 28.9 Å². The van der Waals surface area contributed by atoms with Crippen molar-refractivity contribution in [3.8, 4) is 0 Å². The first kappa shape index (κ1) is 20.1. The Morgan fingerprint density at radius 3 is 2.41 bits per heavy atom. The number of rotatable bonds is 5. The molecule has 7 nitrogen and oxygen atoms in total. The zero-order valence-electron chi connectivity index (χ0n) is 16.9. The predicted octanol–water partition coefficient (Wildman–Crippen LogP) is 4.29. The van der Waals surface area contributed by atoms with Crippen LogP contribution in [0.4, 0.5) is 16.2 Å². The fourth-order valence-electron chi connectivity index (χ4n) is 3.13. The monoisotopic (exact) mass is 392 g/mol. The van der Waals surface area contributed by atoms with Gasteiger partial charge in [0.15, 0.2) is 0 Å². The van der Waals surface area contributed by atoms with Crippen molar-refractivity contribution in [1.29, 1.82) is 0 Å². The molecule has 0 saturated carbocycles. The minimum Gasteiger partial charge on any atom is -0.465 e. The summed E-state index contributed by atoms with van der Waals surface area (Å²) < 4.78 is 6.63. The fourth-order valence-corrected chi connectivity index (χ4v) is 3.13. The molecule has 3 aromatic rings. The summed E-state index contributed by atoms with van der Waals surface area (Å²) in [5.41, 5.74) is 5.22. The first-order valence-corrected chi connectivity index (χ1v) is 9.24. The molecule has 0 unspecified atom stereocenters. The second-order valence-electron chi connectivity index (χ2n) is 6.75. The number of benzene rings is 2. The van der Waals surface area contributed by atoms with E-state index in [9.17, 15) is 9.59 Å². The van der Waals surface area contributed by atoms with E-state index >= 15 is 0 Å². The van der Waals surface area contributed by atoms with Gasteiger partial charge in [0.2, 0.25) is 0 Å². The number of ether oxygens (including phenoxy) is 1. The van der Waals surface area contributed by atoms with Crippen LogP contribution in [0, 0.1) is 20.8 Å². The molecule has 0 fully saturated rings. The lowest BCUT2D eigenvalue weighted by atomic mass is 10.1. The normalized spacial score (nSPS) is 10.5. The van der Waals surface area contributed by atoms with Gasteiger partial charge in [0, 0.05) is 0 Å². The number of carbonyl (C=O) groups excluding carboxylic acids is 2. The number of hydrogen-bond acceptors (Lipinski definition) is 4. The molecule has 0 atom stereocenters. The number of carbonyl (C=O) groups is 2. The summed E-state index contributed by atoms with van der Waals surface area (Å²) in [6.45, 7) is 6.44. The number of para-hydroxylation sites is 1. The number of nitrogens with one attached hydrogen (secondary N) is 2. The highest BCUT2D eigenvalue weighted by Crippen LogP contribution is 2.22. The number of hydrogen-bond donors (Lipinski definition) is 2. The second kappa shape index (κ2) is 8.60. The number of amides is 2. The Labute approximate surface area is 169 Å². The summed E-state index contributed by atoms with van der Waals surface area (Å²) in [5, 5.41) is 10.1. The van der Waals surface area contributed by atoms with Crippen molar-refractivity contribution in [3.63, 3.8) is 0 Å². The molecular formula is C22H24N4O3. The molecule has 0 aliphatic heterocycles. The molecule has 1 heterocycles. The molecule has 0 aliphatic carbocycles. The van der Waals surface area contributed by atoms with Gasteiger partial charge in [-0.15, -0.1) is 0 Å². The molecule has 7 heteroatoms. The average Bonchev–Trinajstić information content (AvgIpc) is 2.97. The summed E-state index contributed by atoms with van der Waals surface area (Å²) in [7, 11) is 1.30. The zero-order chi connectivity index (χ0) is 21.0. The Hall–Kier alpha value is -3.61. The summed E-state index contributed by atoms with van der Waals surface area (Å²) >= 11 is 0. The molecule has 150 valence electrons. The third kappa shape index (κ3) is 4.45. The third-order valence-corrected chi connectivity index (χ3v) is 4.78. The number of anilines is 2. The van der Waals surface area contributed by atoms with E-state index in [2.05, 4.69) is 34.8 Å². The van der Waals surface area contributed by atoms with E-state index in [1.807, 2.05) is 30.7 Å². The highest BCUT2D eigenvalue weighted by Gasteiger charge is 2.17. The standard InChI is InChI=1S/C22H24N4O3/c1-14-9-5-6-10-17(14)13-26-16(3)20(15(2)25-26)24-22(28)23-19-12-8-7-11-18(19)21(27)29-4/h5-12H,13H2,1-4H3,(H2,23,24,28). The van der Waals surface area contributed by atoms with E-state index in [4.69, 9.17) is 4.74 Å². The number of aryl methyl sites for hydroxylation is 2. The summed E-state index contributed by atoms with van der Waals surface area (Å²) in [5.74, 6) is -0.515. The van der Waals surface area contributed by atoms with Crippen molar-refractivity contribution >= 4 is 23.4 Å². The zero-order valence-corrected chi connectivity index (χ0v) is 16.9. The van der Waals surface area contributed by atoms with Crippen molar-refractivity contribution in [1.82, 2.24) is 9.78 Å². The summed E-state index contributed by atoms with van der Waals surface area (Å²) in [4.78, 5) is 24.4. The first-order chi connectivity index (χ1) is 13.9. The van der Waals surface area contributed by atoms with Crippen LogP contribution in [0.15, 0.2) is 48.5 Å². The lowest BCUT2D eigenvalue weighted by Crippen LogP contribution is -2.22. The molecule has 0 radical (unpaired) electrons. The van der Waals surface area contributed by atoms with Gasteiger partial charge in [0.25, 0.3) is 0 Å². The van der Waals surface area contributed by atoms with Crippen LogP contribution >= 0.6 is 0 Å². The lowest BCUT2D eigenvalue weighted by Gasteiger charge is -2.11. The minimum atomic E-state index is -0.515. The molecule has 0 spiro atoms. The molecule has 2 N–H and O–H groups in total. The van der Waals surface area contributed by atoms with Gasteiger partial charge in [-0.1, -0.05) is 36.4 Å². The molecule has 0 saturated heterocycles. The smallest absolute Gasteiger partial charge is 0.339 e. The van der Waals surface area contributed by atoms with Gasteiger partial charge >= 0.3 is 12.0 Å². The lowest BCUT2D eigenvalue weighted by molar-refractivity contribution is 0.0602. The van der Waals surface area contributed by atoms with Crippen LogP contribution in [0.2, 0.25) is 0 Å². The topological polar surface area (TPSA) is 85.2 Å². The Morgan fingerprint density at radius 1 is 1.00 bits per heavy atom. The second-order valence-corrected chi connectivity index (χ2v) is 6.75. The maximum Gasteiger partial charge on any atom is 0.339 e. The predicted molar refractivity (Wildman–Crippen MR) is 112 cm³/mol. The van der Waals surface area contributed by atoms with Crippen molar-refractivity contribution in [2.24, 2.45) is 0 Å². The van der Waals surface area contributed by atoms with Crippen LogP contribution in [-0.2, 0) is 11.3 Å². The maximum absolute atomic E-state index is 12.6. The van der Waals surface area contributed by atoms with Gasteiger partial charge < -0.3 is 15.4 Å². The van der Waals surface area contributed by atoms with E-state index in [0.717, 1.165) is 5.69 Å². The van der Waals surface area contributed by atoms with Gasteiger partial charge in [-0.3, -0.25) is 4.68 Å². The number of aromatic nitrogens is 2. The van der Waals surface area contributed by atoms with Crippen molar-refractivity contribution in [2.45, 2.75) is 27.3 Å². The van der Waals surface area contributed by atoms with Crippen LogP contribution in [0.25, 0.3) is 0 Å². The van der Waals surface area contributed by atoms with E-state index in [0.29, 0.717) is 23.6 Å². The third-order valence-electron chi connectivity index (χ3n) is 4.78. The van der Waals surface area contributed by atoms with Crippen molar-refractivity contribution < 1.29 is 14.3 Å².